The summed E-state index contributed by atoms with van der Waals surface area (Å²) in [6, 6.07) is 0. The van der Waals surface area contributed by atoms with Crippen LogP contribution < -0.4 is 34.9 Å². The van der Waals surface area contributed by atoms with E-state index in [2.05, 4.69) is 16.4 Å². The van der Waals surface area contributed by atoms with E-state index in [1.54, 1.807) is 0 Å². The van der Waals surface area contributed by atoms with Crippen molar-refractivity contribution >= 4 is 16.3 Å². The number of carbonyl (C=O) groups excluding carboxylic acids is 1. The molecule has 0 rings (SSSR count). The molecule has 0 saturated carbocycles. The first-order chi connectivity index (χ1) is 13.1. The van der Waals surface area contributed by atoms with Gasteiger partial charge in [0.2, 0.25) is 10.4 Å². The molecule has 168 valence electrons. The number of aliphatic hydroxyl groups is 4. The molecule has 0 saturated heterocycles. The second kappa shape index (κ2) is 17.8. The van der Waals surface area contributed by atoms with Gasteiger partial charge in [0, 0.05) is 6.54 Å². The van der Waals surface area contributed by atoms with Crippen molar-refractivity contribution in [2.45, 2.75) is 89.1 Å². The molecule has 1 amide bonds. The first-order valence-corrected chi connectivity index (χ1v) is 11.0. The topological polar surface area (TPSA) is 176 Å². The first-order valence-electron chi connectivity index (χ1n) is 9.70. The van der Waals surface area contributed by atoms with Gasteiger partial charge in [0.1, 0.15) is 18.3 Å². The van der Waals surface area contributed by atoms with Gasteiger partial charge in [-0.05, 0) is 6.42 Å². The Morgan fingerprint density at radius 1 is 0.931 bits per heavy atom. The second-order valence-electron chi connectivity index (χ2n) is 6.81. The summed E-state index contributed by atoms with van der Waals surface area (Å²) in [6.45, 7) is 1.34. The van der Waals surface area contributed by atoms with Crippen LogP contribution in [0.1, 0.15) is 64.7 Å². The van der Waals surface area contributed by atoms with Crippen LogP contribution in [0.5, 0.6) is 0 Å². The third kappa shape index (κ3) is 16.5. The Hall–Kier alpha value is 0.180. The van der Waals surface area contributed by atoms with Gasteiger partial charge in [-0.25, -0.2) is 8.42 Å². The van der Waals surface area contributed by atoms with Crippen LogP contribution in [-0.2, 0) is 19.4 Å². The number of unbranched alkanes of at least 4 members (excludes halogenated alkanes) is 8. The van der Waals surface area contributed by atoms with Crippen molar-refractivity contribution in [1.82, 2.24) is 5.32 Å². The summed E-state index contributed by atoms with van der Waals surface area (Å²) in [6.07, 6.45) is 1.74. The molecule has 0 bridgehead atoms. The molecule has 4 atom stereocenters. The van der Waals surface area contributed by atoms with E-state index in [1.807, 2.05) is 0 Å². The molecule has 29 heavy (non-hydrogen) atoms. The molecule has 0 fully saturated rings. The van der Waals surface area contributed by atoms with E-state index in [1.165, 1.54) is 32.1 Å². The van der Waals surface area contributed by atoms with Crippen molar-refractivity contribution < 1.29 is 71.9 Å². The van der Waals surface area contributed by atoms with E-state index >= 15 is 0 Å². The van der Waals surface area contributed by atoms with E-state index in [4.69, 9.17) is 0 Å². The minimum atomic E-state index is -5.09. The van der Waals surface area contributed by atoms with Crippen LogP contribution in [0, 0.1) is 0 Å². The first kappa shape index (κ1) is 31.4. The van der Waals surface area contributed by atoms with E-state index in [0.717, 1.165) is 19.3 Å². The maximum atomic E-state index is 11.8. The van der Waals surface area contributed by atoms with E-state index < -0.39 is 47.3 Å². The molecule has 5 N–H and O–H groups in total. The summed E-state index contributed by atoms with van der Waals surface area (Å²) >= 11 is 0. The number of hydrogen-bond acceptors (Lipinski definition) is 9. The molecule has 0 aliphatic heterocycles. The van der Waals surface area contributed by atoms with Gasteiger partial charge >= 0.3 is 29.6 Å². The van der Waals surface area contributed by atoms with Crippen molar-refractivity contribution in [3.05, 3.63) is 0 Å². The molecule has 12 heteroatoms. The third-order valence-electron chi connectivity index (χ3n) is 4.30. The Labute approximate surface area is 195 Å². The maximum Gasteiger partial charge on any atom is 1.00 e. The smallest absolute Gasteiger partial charge is 0.726 e. The molecule has 0 aromatic heterocycles. The summed E-state index contributed by atoms with van der Waals surface area (Å²) in [7, 11) is -5.09. The van der Waals surface area contributed by atoms with Crippen molar-refractivity contribution in [3.63, 3.8) is 0 Å². The summed E-state index contributed by atoms with van der Waals surface area (Å²) < 4.78 is 34.6. The molecule has 0 unspecified atom stereocenters. The minimum Gasteiger partial charge on any atom is -0.726 e. The van der Waals surface area contributed by atoms with Gasteiger partial charge in [0.25, 0.3) is 5.91 Å². The van der Waals surface area contributed by atoms with Crippen molar-refractivity contribution in [1.29, 1.82) is 0 Å². The Morgan fingerprint density at radius 3 is 1.90 bits per heavy atom. The van der Waals surface area contributed by atoms with Gasteiger partial charge in [-0.3, -0.25) is 8.98 Å². The fraction of sp³-hybridized carbons (Fsp3) is 0.941. The van der Waals surface area contributed by atoms with Crippen LogP contribution in [0.25, 0.3) is 0 Å². The fourth-order valence-corrected chi connectivity index (χ4v) is 2.88. The van der Waals surface area contributed by atoms with E-state index in [-0.39, 0.29) is 36.1 Å². The molecule has 0 aliphatic carbocycles. The standard InChI is InChI=1S/C17H35NO9S.Na/c1-2-3-4-5-6-7-8-9-10-11-18-17(23)16(22)15(21)14(20)13(19)12-27-28(24,25)26;/h13-16,19-22H,2-12H2,1H3,(H,18,23)(H,24,25,26);/q;+1/p-1/t13-,14-,15+,16-;/m1./s1. The van der Waals surface area contributed by atoms with E-state index in [9.17, 15) is 38.2 Å². The quantitative estimate of drug-likeness (QED) is 0.0651. The fourth-order valence-electron chi connectivity index (χ4n) is 2.57. The molecular formula is C17H34NNaO9S. The van der Waals surface area contributed by atoms with Crippen molar-refractivity contribution in [3.8, 4) is 0 Å². The van der Waals surface area contributed by atoms with Gasteiger partial charge in [0.05, 0.1) is 6.61 Å². The van der Waals surface area contributed by atoms with Gasteiger partial charge in [-0.15, -0.1) is 0 Å². The van der Waals surface area contributed by atoms with Crippen LogP contribution in [0.2, 0.25) is 0 Å². The van der Waals surface area contributed by atoms with Crippen molar-refractivity contribution in [2.24, 2.45) is 0 Å². The predicted octanol–water partition coefficient (Wildman–Crippen LogP) is -3.44. The predicted molar refractivity (Wildman–Crippen MR) is 99.9 cm³/mol. The number of hydrogen-bond donors (Lipinski definition) is 5. The van der Waals surface area contributed by atoms with Gasteiger partial charge in [-0.2, -0.15) is 0 Å². The Morgan fingerprint density at radius 2 is 1.41 bits per heavy atom. The molecule has 0 aromatic carbocycles. The van der Waals surface area contributed by atoms with Crippen LogP contribution in [0.4, 0.5) is 0 Å². The SMILES string of the molecule is CCCCCCCCCCCNC(=O)[C@H](O)[C@@H](O)[C@H](O)[C@H](O)COS(=O)(=O)[O-].[Na+]. The van der Waals surface area contributed by atoms with Crippen molar-refractivity contribution in [2.75, 3.05) is 13.2 Å². The minimum absolute atomic E-state index is 0. The largest absolute Gasteiger partial charge is 1.00 e. The third-order valence-corrected chi connectivity index (χ3v) is 4.72. The number of amides is 1. The van der Waals surface area contributed by atoms with Gasteiger partial charge in [0.15, 0.2) is 6.10 Å². The number of rotatable bonds is 17. The van der Waals surface area contributed by atoms with Crippen LogP contribution in [-0.4, -0.2) is 76.9 Å². The number of carbonyl (C=O) groups is 1. The monoisotopic (exact) mass is 451 g/mol. The molecule has 0 heterocycles. The normalized spacial score (nSPS) is 15.8. The average molecular weight is 452 g/mol. The summed E-state index contributed by atoms with van der Waals surface area (Å²) in [4.78, 5) is 11.8. The zero-order valence-electron chi connectivity index (χ0n) is 17.3. The second-order valence-corrected chi connectivity index (χ2v) is 7.86. The van der Waals surface area contributed by atoms with Gasteiger partial charge < -0.3 is 30.3 Å². The Balaban J connectivity index is 0. The summed E-state index contributed by atoms with van der Waals surface area (Å²) in [5, 5.41) is 40.9. The van der Waals surface area contributed by atoms with E-state index in [0.29, 0.717) is 6.42 Å². The molecule has 0 radical (unpaired) electrons. The number of nitrogens with one attached hydrogen (secondary N) is 1. The Kier molecular flexibility index (Phi) is 19.3. The van der Waals surface area contributed by atoms with Crippen LogP contribution in [0.15, 0.2) is 0 Å². The molecule has 10 nitrogen and oxygen atoms in total. The zero-order valence-corrected chi connectivity index (χ0v) is 20.1. The average Bonchev–Trinajstić information content (AvgIpc) is 2.64. The molecule has 0 aliphatic rings. The Bertz CT molecular complexity index is 521. The molecular weight excluding hydrogens is 417 g/mol. The maximum absolute atomic E-state index is 11.8. The van der Waals surface area contributed by atoms with Crippen LogP contribution >= 0.6 is 0 Å². The number of aliphatic hydroxyl groups excluding tert-OH is 4. The zero-order chi connectivity index (χ0) is 21.6. The molecule has 0 aromatic rings. The van der Waals surface area contributed by atoms with Gasteiger partial charge in [-0.1, -0.05) is 58.3 Å². The summed E-state index contributed by atoms with van der Waals surface area (Å²) in [5.74, 6) is -0.935. The molecule has 0 spiro atoms. The van der Waals surface area contributed by atoms with Crippen LogP contribution in [0.3, 0.4) is 0 Å². The summed E-state index contributed by atoms with van der Waals surface area (Å²) in [5.41, 5.74) is 0.